The summed E-state index contributed by atoms with van der Waals surface area (Å²) in [7, 11) is 0. The van der Waals surface area contributed by atoms with E-state index in [1.165, 1.54) is 0 Å². The molecule has 1 aliphatic heterocycles. The monoisotopic (exact) mass is 228 g/mol. The average Bonchev–Trinajstić information content (AvgIpc) is 2.66. The first-order valence-corrected chi connectivity index (χ1v) is 6.88. The van der Waals surface area contributed by atoms with Crippen molar-refractivity contribution in [3.63, 3.8) is 0 Å². The normalized spacial score (nSPS) is 22.0. The summed E-state index contributed by atoms with van der Waals surface area (Å²) in [5.41, 5.74) is 0.220. The Balaban J connectivity index is 2.48. The lowest BCUT2D eigenvalue weighted by atomic mass is 9.96. The van der Waals surface area contributed by atoms with E-state index in [9.17, 15) is 0 Å². The van der Waals surface area contributed by atoms with Crippen molar-refractivity contribution in [2.24, 2.45) is 10.9 Å². The van der Waals surface area contributed by atoms with Gasteiger partial charge in [-0.1, -0.05) is 39.5 Å². The number of rotatable bonds is 4. The zero-order valence-corrected chi connectivity index (χ0v) is 11.4. The van der Waals surface area contributed by atoms with Crippen molar-refractivity contribution < 1.29 is 0 Å². The van der Waals surface area contributed by atoms with Crippen LogP contribution in [0.3, 0.4) is 0 Å². The number of hydrogen-bond donors (Lipinski definition) is 1. The summed E-state index contributed by atoms with van der Waals surface area (Å²) in [5.74, 6) is 0.715. The Morgan fingerprint density at radius 2 is 2.07 bits per heavy atom. The molecule has 1 rings (SSSR count). The highest BCUT2D eigenvalue weighted by atomic mass is 32.2. The van der Waals surface area contributed by atoms with Gasteiger partial charge in [0.15, 0.2) is 5.17 Å². The molecule has 0 saturated carbocycles. The molecule has 0 aromatic heterocycles. The second kappa shape index (κ2) is 5.24. The fourth-order valence-corrected chi connectivity index (χ4v) is 2.65. The Labute approximate surface area is 98.3 Å². The van der Waals surface area contributed by atoms with E-state index in [0.717, 1.165) is 24.6 Å². The molecule has 0 aromatic rings. The summed E-state index contributed by atoms with van der Waals surface area (Å²) in [6.07, 6.45) is 2.30. The lowest BCUT2D eigenvalue weighted by Gasteiger charge is -2.29. The summed E-state index contributed by atoms with van der Waals surface area (Å²) in [5, 5.41) is 5.41. The second-order valence-corrected chi connectivity index (χ2v) is 6.17. The highest BCUT2D eigenvalue weighted by Gasteiger charge is 2.27. The van der Waals surface area contributed by atoms with Crippen LogP contribution < -0.4 is 5.32 Å². The van der Waals surface area contributed by atoms with E-state index in [-0.39, 0.29) is 5.54 Å². The summed E-state index contributed by atoms with van der Waals surface area (Å²) < 4.78 is 0. The predicted molar refractivity (Wildman–Crippen MR) is 70.6 cm³/mol. The highest BCUT2D eigenvalue weighted by molar-refractivity contribution is 8.14. The topological polar surface area (TPSA) is 24.4 Å². The quantitative estimate of drug-likeness (QED) is 0.798. The van der Waals surface area contributed by atoms with Gasteiger partial charge in [0.1, 0.15) is 0 Å². The van der Waals surface area contributed by atoms with Gasteiger partial charge in [-0.05, 0) is 25.7 Å². The molecule has 1 N–H and O–H groups in total. The van der Waals surface area contributed by atoms with Gasteiger partial charge in [-0.15, -0.1) is 0 Å². The third-order valence-corrected chi connectivity index (χ3v) is 4.84. The van der Waals surface area contributed by atoms with Crippen LogP contribution in [0.4, 0.5) is 0 Å². The van der Waals surface area contributed by atoms with Crippen LogP contribution in [0, 0.1) is 5.92 Å². The van der Waals surface area contributed by atoms with Gasteiger partial charge in [-0.3, -0.25) is 4.99 Å². The third-order valence-electron chi connectivity index (χ3n) is 3.39. The molecule has 0 amide bonds. The minimum absolute atomic E-state index is 0.220. The van der Waals surface area contributed by atoms with Crippen LogP contribution in [0.1, 0.15) is 47.5 Å². The van der Waals surface area contributed by atoms with Crippen LogP contribution in [0.5, 0.6) is 0 Å². The standard InChI is InChI=1S/C12H24N2S/c1-6-12(5,7-2)14-11-13-8-10(15-11)9(3)4/h9-10H,6-8H2,1-5H3,(H,13,14). The first-order chi connectivity index (χ1) is 7.00. The maximum absolute atomic E-state index is 4.59. The largest absolute Gasteiger partial charge is 0.360 e. The van der Waals surface area contributed by atoms with Gasteiger partial charge in [0.2, 0.25) is 0 Å². The maximum atomic E-state index is 4.59. The Morgan fingerprint density at radius 3 is 2.47 bits per heavy atom. The van der Waals surface area contributed by atoms with Gasteiger partial charge in [-0.25, -0.2) is 0 Å². The fraction of sp³-hybridized carbons (Fsp3) is 0.917. The van der Waals surface area contributed by atoms with Gasteiger partial charge in [0, 0.05) is 10.8 Å². The lowest BCUT2D eigenvalue weighted by molar-refractivity contribution is 0.391. The molecule has 88 valence electrons. The third kappa shape index (κ3) is 3.40. The van der Waals surface area contributed by atoms with E-state index < -0.39 is 0 Å². The molecule has 1 aliphatic rings. The number of aliphatic imine (C=N–C) groups is 1. The Kier molecular flexibility index (Phi) is 4.50. The molecule has 1 atom stereocenters. The number of nitrogens with one attached hydrogen (secondary N) is 1. The van der Waals surface area contributed by atoms with E-state index in [0.29, 0.717) is 11.2 Å². The van der Waals surface area contributed by atoms with Crippen molar-refractivity contribution in [3.8, 4) is 0 Å². The SMILES string of the molecule is CCC(C)(CC)NC1=NCC(C(C)C)S1. The Morgan fingerprint density at radius 1 is 1.47 bits per heavy atom. The summed E-state index contributed by atoms with van der Waals surface area (Å²) >= 11 is 1.92. The van der Waals surface area contributed by atoms with E-state index >= 15 is 0 Å². The summed E-state index contributed by atoms with van der Waals surface area (Å²) in [6, 6.07) is 0. The summed E-state index contributed by atoms with van der Waals surface area (Å²) in [4.78, 5) is 4.59. The molecular formula is C12H24N2S. The smallest absolute Gasteiger partial charge is 0.157 e. The Bertz CT molecular complexity index is 232. The molecule has 0 aliphatic carbocycles. The fourth-order valence-electron chi connectivity index (χ4n) is 1.49. The summed E-state index contributed by atoms with van der Waals surface area (Å²) in [6.45, 7) is 12.3. The molecule has 1 unspecified atom stereocenters. The first-order valence-electron chi connectivity index (χ1n) is 6.00. The number of nitrogens with zero attached hydrogens (tertiary/aromatic N) is 1. The molecule has 0 aromatic carbocycles. The van der Waals surface area contributed by atoms with Crippen molar-refractivity contribution in [1.82, 2.24) is 5.32 Å². The van der Waals surface area contributed by atoms with Crippen molar-refractivity contribution >= 4 is 16.9 Å². The van der Waals surface area contributed by atoms with Crippen LogP contribution in [0.25, 0.3) is 0 Å². The Hall–Kier alpha value is -0.180. The molecule has 1 heterocycles. The predicted octanol–water partition coefficient (Wildman–Crippen LogP) is 3.28. The number of hydrogen-bond acceptors (Lipinski definition) is 3. The van der Waals surface area contributed by atoms with Crippen molar-refractivity contribution in [3.05, 3.63) is 0 Å². The van der Waals surface area contributed by atoms with E-state index in [1.807, 2.05) is 11.8 Å². The van der Waals surface area contributed by atoms with E-state index in [1.54, 1.807) is 0 Å². The molecule has 3 heteroatoms. The van der Waals surface area contributed by atoms with Crippen LogP contribution >= 0.6 is 11.8 Å². The van der Waals surface area contributed by atoms with E-state index in [4.69, 9.17) is 0 Å². The zero-order chi connectivity index (χ0) is 11.5. The van der Waals surface area contributed by atoms with Crippen LogP contribution in [-0.4, -0.2) is 22.5 Å². The number of thioether (sulfide) groups is 1. The van der Waals surface area contributed by atoms with Gasteiger partial charge in [-0.2, -0.15) is 0 Å². The minimum atomic E-state index is 0.220. The maximum Gasteiger partial charge on any atom is 0.157 e. The average molecular weight is 228 g/mol. The van der Waals surface area contributed by atoms with Gasteiger partial charge < -0.3 is 5.32 Å². The molecule has 0 bridgehead atoms. The van der Waals surface area contributed by atoms with Crippen molar-refractivity contribution in [1.29, 1.82) is 0 Å². The molecule has 0 radical (unpaired) electrons. The van der Waals surface area contributed by atoms with Crippen LogP contribution in [-0.2, 0) is 0 Å². The lowest BCUT2D eigenvalue weighted by Crippen LogP contribution is -2.43. The first kappa shape index (κ1) is 12.9. The molecule has 0 fully saturated rings. The van der Waals surface area contributed by atoms with Crippen LogP contribution in [0.15, 0.2) is 4.99 Å². The minimum Gasteiger partial charge on any atom is -0.360 e. The molecular weight excluding hydrogens is 204 g/mol. The molecule has 0 spiro atoms. The van der Waals surface area contributed by atoms with Gasteiger partial charge in [0.25, 0.3) is 0 Å². The van der Waals surface area contributed by atoms with Gasteiger partial charge >= 0.3 is 0 Å². The highest BCUT2D eigenvalue weighted by Crippen LogP contribution is 2.27. The van der Waals surface area contributed by atoms with Crippen LogP contribution in [0.2, 0.25) is 0 Å². The molecule has 15 heavy (non-hydrogen) atoms. The van der Waals surface area contributed by atoms with Crippen molar-refractivity contribution in [2.75, 3.05) is 6.54 Å². The van der Waals surface area contributed by atoms with E-state index in [2.05, 4.69) is 44.9 Å². The molecule has 0 saturated heterocycles. The number of amidine groups is 1. The zero-order valence-electron chi connectivity index (χ0n) is 10.6. The van der Waals surface area contributed by atoms with Gasteiger partial charge in [0.05, 0.1) is 6.54 Å². The second-order valence-electron chi connectivity index (χ2n) is 4.94. The van der Waals surface area contributed by atoms with Crippen molar-refractivity contribution in [2.45, 2.75) is 58.2 Å². The molecule has 2 nitrogen and oxygen atoms in total.